The average molecular weight is 256 g/mol. The van der Waals surface area contributed by atoms with Crippen molar-refractivity contribution in [3.05, 3.63) is 0 Å². The Kier molecular flexibility index (Phi) is 7.28. The molecular weight excluding hydrogens is 228 g/mol. The number of carboxylic acids is 1. The number of hydrogen-bond donors (Lipinski definition) is 2. The second-order valence-electron chi connectivity index (χ2n) is 5.28. The van der Waals surface area contributed by atoms with Crippen LogP contribution in [0.1, 0.15) is 46.0 Å². The van der Waals surface area contributed by atoms with Crippen LogP contribution in [0.5, 0.6) is 0 Å². The summed E-state index contributed by atoms with van der Waals surface area (Å²) >= 11 is 0. The molecule has 4 nitrogen and oxygen atoms in total. The Balaban J connectivity index is 2.31. The van der Waals surface area contributed by atoms with Gasteiger partial charge in [-0.3, -0.25) is 4.79 Å². The minimum atomic E-state index is -0.724. The van der Waals surface area contributed by atoms with Gasteiger partial charge in [0.15, 0.2) is 0 Å². The van der Waals surface area contributed by atoms with E-state index in [-0.39, 0.29) is 6.04 Å². The molecule has 2 N–H and O–H groups in total. The molecular formula is C14H28N2O2. The second kappa shape index (κ2) is 8.48. The van der Waals surface area contributed by atoms with Gasteiger partial charge < -0.3 is 15.3 Å². The highest BCUT2D eigenvalue weighted by atomic mass is 16.4. The lowest BCUT2D eigenvalue weighted by atomic mass is 9.98. The molecule has 1 heterocycles. The van der Waals surface area contributed by atoms with E-state index in [1.165, 1.54) is 25.7 Å². The zero-order valence-corrected chi connectivity index (χ0v) is 11.8. The van der Waals surface area contributed by atoms with Crippen LogP contribution in [0.3, 0.4) is 0 Å². The molecule has 106 valence electrons. The summed E-state index contributed by atoms with van der Waals surface area (Å²) in [5.74, 6) is 0.150. The maximum atomic E-state index is 11.0. The summed E-state index contributed by atoms with van der Waals surface area (Å²) in [6, 6.07) is -0.389. The Hall–Kier alpha value is -0.610. The van der Waals surface area contributed by atoms with Crippen molar-refractivity contribution < 1.29 is 9.90 Å². The van der Waals surface area contributed by atoms with Crippen molar-refractivity contribution in [1.29, 1.82) is 0 Å². The van der Waals surface area contributed by atoms with E-state index in [4.69, 9.17) is 5.11 Å². The summed E-state index contributed by atoms with van der Waals surface area (Å²) in [5, 5.41) is 12.1. The third-order valence-electron chi connectivity index (χ3n) is 4.00. The van der Waals surface area contributed by atoms with E-state index in [1.807, 2.05) is 6.92 Å². The van der Waals surface area contributed by atoms with Gasteiger partial charge in [0, 0.05) is 6.54 Å². The standard InChI is InChI=1S/C14H28N2O2/c1-3-12-6-5-9-16(10-7-12)11-8-13(14(17)18)15-4-2/h12-13,15H,3-11H2,1-2H3,(H,17,18). The van der Waals surface area contributed by atoms with E-state index in [1.54, 1.807) is 0 Å². The maximum absolute atomic E-state index is 11.0. The van der Waals surface area contributed by atoms with E-state index >= 15 is 0 Å². The van der Waals surface area contributed by atoms with Crippen molar-refractivity contribution in [2.75, 3.05) is 26.2 Å². The first-order chi connectivity index (χ1) is 8.67. The van der Waals surface area contributed by atoms with Gasteiger partial charge in [-0.05, 0) is 51.2 Å². The van der Waals surface area contributed by atoms with Crippen LogP contribution in [0.25, 0.3) is 0 Å². The Bertz CT molecular complexity index is 246. The van der Waals surface area contributed by atoms with Gasteiger partial charge in [0.2, 0.25) is 0 Å². The van der Waals surface area contributed by atoms with Crippen LogP contribution in [-0.4, -0.2) is 48.2 Å². The third kappa shape index (κ3) is 5.36. The topological polar surface area (TPSA) is 52.6 Å². The van der Waals surface area contributed by atoms with Crippen LogP contribution in [0.4, 0.5) is 0 Å². The van der Waals surface area contributed by atoms with Crippen molar-refractivity contribution in [2.45, 2.75) is 52.0 Å². The number of nitrogens with one attached hydrogen (secondary N) is 1. The highest BCUT2D eigenvalue weighted by Crippen LogP contribution is 2.20. The zero-order chi connectivity index (χ0) is 13.4. The molecule has 0 aliphatic carbocycles. The summed E-state index contributed by atoms with van der Waals surface area (Å²) in [4.78, 5) is 13.5. The van der Waals surface area contributed by atoms with Gasteiger partial charge in [-0.15, -0.1) is 0 Å². The first-order valence-corrected chi connectivity index (χ1v) is 7.35. The average Bonchev–Trinajstić information content (AvgIpc) is 2.59. The van der Waals surface area contributed by atoms with Crippen LogP contribution in [0.2, 0.25) is 0 Å². The first kappa shape index (κ1) is 15.4. The van der Waals surface area contributed by atoms with Gasteiger partial charge in [0.25, 0.3) is 0 Å². The van der Waals surface area contributed by atoms with Gasteiger partial charge in [-0.2, -0.15) is 0 Å². The van der Waals surface area contributed by atoms with E-state index in [0.29, 0.717) is 6.42 Å². The summed E-state index contributed by atoms with van der Waals surface area (Å²) < 4.78 is 0. The van der Waals surface area contributed by atoms with Crippen LogP contribution in [0.15, 0.2) is 0 Å². The van der Waals surface area contributed by atoms with Gasteiger partial charge in [-0.1, -0.05) is 20.3 Å². The molecule has 1 fully saturated rings. The first-order valence-electron chi connectivity index (χ1n) is 7.35. The number of carbonyl (C=O) groups is 1. The SMILES string of the molecule is CCNC(CCN1CCCC(CC)CC1)C(=O)O. The molecule has 0 aromatic carbocycles. The zero-order valence-electron chi connectivity index (χ0n) is 11.8. The molecule has 0 amide bonds. The normalized spacial score (nSPS) is 23.6. The monoisotopic (exact) mass is 256 g/mol. The molecule has 1 saturated heterocycles. The maximum Gasteiger partial charge on any atom is 0.320 e. The molecule has 1 rings (SSSR count). The number of aliphatic carboxylic acids is 1. The van der Waals surface area contributed by atoms with Crippen molar-refractivity contribution in [3.8, 4) is 0 Å². The summed E-state index contributed by atoms with van der Waals surface area (Å²) in [7, 11) is 0. The molecule has 2 unspecified atom stereocenters. The quantitative estimate of drug-likeness (QED) is 0.731. The predicted octanol–water partition coefficient (Wildman–Crippen LogP) is 1.95. The van der Waals surface area contributed by atoms with Crippen LogP contribution in [0, 0.1) is 5.92 Å². The van der Waals surface area contributed by atoms with Crippen LogP contribution >= 0.6 is 0 Å². The van der Waals surface area contributed by atoms with E-state index < -0.39 is 5.97 Å². The number of rotatable bonds is 7. The molecule has 1 aliphatic heterocycles. The van der Waals surface area contributed by atoms with E-state index in [9.17, 15) is 4.79 Å². The van der Waals surface area contributed by atoms with Gasteiger partial charge in [0.05, 0.1) is 0 Å². The summed E-state index contributed by atoms with van der Waals surface area (Å²) in [6.07, 6.45) is 5.86. The fourth-order valence-electron chi connectivity index (χ4n) is 2.73. The fourth-order valence-corrected chi connectivity index (χ4v) is 2.73. The summed E-state index contributed by atoms with van der Waals surface area (Å²) in [5.41, 5.74) is 0. The number of hydrogen-bond acceptors (Lipinski definition) is 3. The number of likely N-dealkylation sites (tertiary alicyclic amines) is 1. The van der Waals surface area contributed by atoms with Crippen LogP contribution in [-0.2, 0) is 4.79 Å². The molecule has 2 atom stereocenters. The van der Waals surface area contributed by atoms with E-state index in [0.717, 1.165) is 32.1 Å². The van der Waals surface area contributed by atoms with Gasteiger partial charge in [-0.25, -0.2) is 0 Å². The molecule has 4 heteroatoms. The third-order valence-corrected chi connectivity index (χ3v) is 4.00. The lowest BCUT2D eigenvalue weighted by Gasteiger charge is -2.22. The Morgan fingerprint density at radius 1 is 1.39 bits per heavy atom. The van der Waals surface area contributed by atoms with Crippen LogP contribution < -0.4 is 5.32 Å². The Morgan fingerprint density at radius 3 is 2.78 bits per heavy atom. The molecule has 0 radical (unpaired) electrons. The second-order valence-corrected chi connectivity index (χ2v) is 5.28. The predicted molar refractivity (Wildman–Crippen MR) is 73.8 cm³/mol. The van der Waals surface area contributed by atoms with Crippen molar-refractivity contribution in [2.24, 2.45) is 5.92 Å². The highest BCUT2D eigenvalue weighted by Gasteiger charge is 2.19. The van der Waals surface area contributed by atoms with Gasteiger partial charge in [0.1, 0.15) is 6.04 Å². The smallest absolute Gasteiger partial charge is 0.320 e. The Morgan fingerprint density at radius 2 is 2.17 bits per heavy atom. The molecule has 1 aliphatic rings. The van der Waals surface area contributed by atoms with Gasteiger partial charge >= 0.3 is 5.97 Å². The van der Waals surface area contributed by atoms with Crippen molar-refractivity contribution in [3.63, 3.8) is 0 Å². The molecule has 18 heavy (non-hydrogen) atoms. The number of likely N-dealkylation sites (N-methyl/N-ethyl adjacent to an activating group) is 1. The minimum Gasteiger partial charge on any atom is -0.480 e. The molecule has 0 bridgehead atoms. The minimum absolute atomic E-state index is 0.389. The lowest BCUT2D eigenvalue weighted by molar-refractivity contribution is -0.139. The highest BCUT2D eigenvalue weighted by molar-refractivity contribution is 5.73. The molecule has 0 aromatic rings. The summed E-state index contributed by atoms with van der Waals surface area (Å²) in [6.45, 7) is 8.11. The Labute approximate surface area is 111 Å². The number of carboxylic acid groups (broad SMARTS) is 1. The molecule has 0 saturated carbocycles. The molecule has 0 aromatic heterocycles. The van der Waals surface area contributed by atoms with Crippen molar-refractivity contribution in [1.82, 2.24) is 10.2 Å². The largest absolute Gasteiger partial charge is 0.480 e. The lowest BCUT2D eigenvalue weighted by Crippen LogP contribution is -2.40. The number of nitrogens with zero attached hydrogens (tertiary/aromatic N) is 1. The van der Waals surface area contributed by atoms with E-state index in [2.05, 4.69) is 17.1 Å². The molecule has 0 spiro atoms. The fraction of sp³-hybridized carbons (Fsp3) is 0.929. The van der Waals surface area contributed by atoms with Crippen molar-refractivity contribution >= 4 is 5.97 Å².